The highest BCUT2D eigenvalue weighted by Crippen LogP contribution is 2.33. The molecule has 160 valence electrons. The van der Waals surface area contributed by atoms with E-state index in [9.17, 15) is 28.3 Å². The Morgan fingerprint density at radius 3 is 2.52 bits per heavy atom. The van der Waals surface area contributed by atoms with Crippen LogP contribution in [0.5, 0.6) is 0 Å². The van der Waals surface area contributed by atoms with Crippen LogP contribution in [0.4, 0.5) is 10.5 Å². The zero-order valence-corrected chi connectivity index (χ0v) is 17.6. The van der Waals surface area contributed by atoms with Crippen LogP contribution in [0.2, 0.25) is 0 Å². The predicted octanol–water partition coefficient (Wildman–Crippen LogP) is 0.477. The fourth-order valence-corrected chi connectivity index (χ4v) is 3.97. The third-order valence-electron chi connectivity index (χ3n) is 4.70. The number of sulfone groups is 1. The molecular formula is C17H24N4O7S. The number of benzene rings is 1. The minimum atomic E-state index is -3.58. The molecule has 11 nitrogen and oxygen atoms in total. The SMILES string of the molecule is COCCN(C)c1cc(C2=NN(C)C(=O)C2(C)N(O)C(=O)O)ccc1S(C)(=O)=O. The quantitative estimate of drug-likeness (QED) is 0.472. The van der Waals surface area contributed by atoms with Crippen LogP contribution in [0.25, 0.3) is 0 Å². The van der Waals surface area contributed by atoms with Gasteiger partial charge in [-0.05, 0) is 19.1 Å². The number of rotatable bonds is 7. The molecule has 0 fully saturated rings. The maximum absolute atomic E-state index is 12.6. The molecule has 0 saturated carbocycles. The Kier molecular flexibility index (Phi) is 6.21. The molecule has 1 aliphatic rings. The van der Waals surface area contributed by atoms with Crippen molar-refractivity contribution in [1.29, 1.82) is 0 Å². The van der Waals surface area contributed by atoms with Gasteiger partial charge in [0.25, 0.3) is 5.91 Å². The molecule has 12 heteroatoms. The molecule has 0 aliphatic carbocycles. The number of carboxylic acid groups (broad SMARTS) is 1. The minimum Gasteiger partial charge on any atom is -0.463 e. The van der Waals surface area contributed by atoms with E-state index in [0.29, 0.717) is 18.8 Å². The fraction of sp³-hybridized carbons (Fsp3) is 0.471. The van der Waals surface area contributed by atoms with Crippen molar-refractivity contribution >= 4 is 33.2 Å². The Balaban J connectivity index is 2.66. The van der Waals surface area contributed by atoms with E-state index in [0.717, 1.165) is 11.3 Å². The molecular weight excluding hydrogens is 404 g/mol. The van der Waals surface area contributed by atoms with E-state index < -0.39 is 27.4 Å². The lowest BCUT2D eigenvalue weighted by molar-refractivity contribution is -0.155. The topological polar surface area (TPSA) is 140 Å². The normalized spacial score (nSPS) is 19.3. The molecule has 2 amide bonds. The van der Waals surface area contributed by atoms with Crippen LogP contribution in [0.3, 0.4) is 0 Å². The van der Waals surface area contributed by atoms with Gasteiger partial charge in [-0.25, -0.2) is 18.2 Å². The Hall–Kier alpha value is -2.70. The van der Waals surface area contributed by atoms with Crippen molar-refractivity contribution < 1.29 is 33.1 Å². The number of anilines is 1. The van der Waals surface area contributed by atoms with Crippen molar-refractivity contribution in [2.45, 2.75) is 17.4 Å². The van der Waals surface area contributed by atoms with Gasteiger partial charge in [-0.1, -0.05) is 6.07 Å². The van der Waals surface area contributed by atoms with Gasteiger partial charge in [0.15, 0.2) is 15.4 Å². The summed E-state index contributed by atoms with van der Waals surface area (Å²) in [6.07, 6.45) is -0.654. The molecule has 1 aliphatic heterocycles. The number of methoxy groups -OCH3 is 1. The summed E-state index contributed by atoms with van der Waals surface area (Å²) < 4.78 is 29.5. The van der Waals surface area contributed by atoms with Crippen LogP contribution in [0, 0.1) is 0 Å². The Labute approximate surface area is 168 Å². The van der Waals surface area contributed by atoms with Crippen LogP contribution in [-0.2, 0) is 19.4 Å². The second-order valence-electron chi connectivity index (χ2n) is 6.81. The van der Waals surface area contributed by atoms with Crippen LogP contribution in [0.15, 0.2) is 28.2 Å². The Morgan fingerprint density at radius 1 is 1.38 bits per heavy atom. The number of hydrazone groups is 1. The maximum atomic E-state index is 12.6. The van der Waals surface area contributed by atoms with Gasteiger partial charge in [-0.15, -0.1) is 0 Å². The molecule has 1 aromatic rings. The number of hydroxylamine groups is 2. The summed E-state index contributed by atoms with van der Waals surface area (Å²) in [5, 5.41) is 24.2. The average Bonchev–Trinajstić information content (AvgIpc) is 2.89. The van der Waals surface area contributed by atoms with E-state index in [4.69, 9.17) is 4.74 Å². The van der Waals surface area contributed by atoms with E-state index in [-0.39, 0.29) is 21.2 Å². The molecule has 0 radical (unpaired) electrons. The molecule has 0 spiro atoms. The van der Waals surface area contributed by atoms with Gasteiger partial charge < -0.3 is 14.7 Å². The summed E-state index contributed by atoms with van der Waals surface area (Å²) in [6.45, 7) is 1.95. The number of amides is 2. The fourth-order valence-electron chi connectivity index (χ4n) is 3.06. The second kappa shape index (κ2) is 7.97. The zero-order valence-electron chi connectivity index (χ0n) is 16.8. The highest BCUT2D eigenvalue weighted by atomic mass is 32.2. The van der Waals surface area contributed by atoms with Crippen molar-refractivity contribution in [3.05, 3.63) is 23.8 Å². The lowest BCUT2D eigenvalue weighted by atomic mass is 9.89. The van der Waals surface area contributed by atoms with Crippen molar-refractivity contribution in [2.75, 3.05) is 45.5 Å². The molecule has 2 rings (SSSR count). The first-order chi connectivity index (χ1) is 13.4. The van der Waals surface area contributed by atoms with E-state index in [2.05, 4.69) is 5.10 Å². The standard InChI is InChI=1S/C17H24N4O7S/c1-17(21(25)16(23)24)14(18-20(3)15(17)22)11-6-7-13(29(5,26)27)12(10-11)19(2)8-9-28-4/h6-7,10,25H,8-9H2,1-5H3,(H,23,24). The summed E-state index contributed by atoms with van der Waals surface area (Å²) in [6, 6.07) is 4.27. The van der Waals surface area contributed by atoms with E-state index >= 15 is 0 Å². The number of carbonyl (C=O) groups excluding carboxylic acids is 1. The van der Waals surface area contributed by atoms with Crippen LogP contribution in [0.1, 0.15) is 12.5 Å². The largest absolute Gasteiger partial charge is 0.463 e. The number of hydrogen-bond donors (Lipinski definition) is 2. The van der Waals surface area contributed by atoms with Crippen molar-refractivity contribution in [1.82, 2.24) is 10.1 Å². The Bertz CT molecular complexity index is 963. The molecule has 1 atom stereocenters. The maximum Gasteiger partial charge on any atom is 0.432 e. The van der Waals surface area contributed by atoms with Gasteiger partial charge >= 0.3 is 6.09 Å². The molecule has 0 bridgehead atoms. The third-order valence-corrected chi connectivity index (χ3v) is 5.84. The third kappa shape index (κ3) is 4.04. The van der Waals surface area contributed by atoms with Crippen molar-refractivity contribution in [3.63, 3.8) is 0 Å². The Morgan fingerprint density at radius 2 is 2.00 bits per heavy atom. The predicted molar refractivity (Wildman–Crippen MR) is 104 cm³/mol. The zero-order chi connectivity index (χ0) is 22.1. The number of likely N-dealkylation sites (N-methyl/N-ethyl adjacent to an activating group) is 2. The van der Waals surface area contributed by atoms with Crippen LogP contribution < -0.4 is 4.90 Å². The highest BCUT2D eigenvalue weighted by molar-refractivity contribution is 7.90. The first-order valence-corrected chi connectivity index (χ1v) is 10.4. The number of carbonyl (C=O) groups is 2. The van der Waals surface area contributed by atoms with Gasteiger partial charge in [-0.2, -0.15) is 10.2 Å². The first kappa shape index (κ1) is 22.6. The summed E-state index contributed by atoms with van der Waals surface area (Å²) in [7, 11) is 0.949. The molecule has 1 aromatic carbocycles. The average molecular weight is 428 g/mol. The summed E-state index contributed by atoms with van der Waals surface area (Å²) in [5.74, 6) is -0.751. The highest BCUT2D eigenvalue weighted by Gasteiger charge is 2.53. The van der Waals surface area contributed by atoms with Gasteiger partial charge in [0.1, 0.15) is 5.71 Å². The van der Waals surface area contributed by atoms with Crippen LogP contribution in [-0.4, -0.2) is 92.7 Å². The minimum absolute atomic E-state index is 0.0312. The van der Waals surface area contributed by atoms with Gasteiger partial charge in [0.2, 0.25) is 0 Å². The number of nitrogens with zero attached hydrogens (tertiary/aromatic N) is 4. The van der Waals surface area contributed by atoms with Crippen molar-refractivity contribution in [2.24, 2.45) is 5.10 Å². The summed E-state index contributed by atoms with van der Waals surface area (Å²) in [5.41, 5.74) is -1.40. The van der Waals surface area contributed by atoms with Gasteiger partial charge in [0.05, 0.1) is 17.2 Å². The van der Waals surface area contributed by atoms with E-state index in [1.807, 2.05) is 0 Å². The summed E-state index contributed by atoms with van der Waals surface area (Å²) in [4.78, 5) is 25.6. The molecule has 0 aromatic heterocycles. The smallest absolute Gasteiger partial charge is 0.432 e. The lowest BCUT2D eigenvalue weighted by Gasteiger charge is -2.30. The number of ether oxygens (including phenoxy) is 1. The van der Waals surface area contributed by atoms with Crippen molar-refractivity contribution in [3.8, 4) is 0 Å². The summed E-state index contributed by atoms with van der Waals surface area (Å²) >= 11 is 0. The molecule has 0 saturated heterocycles. The molecule has 29 heavy (non-hydrogen) atoms. The van der Waals surface area contributed by atoms with E-state index in [1.54, 1.807) is 11.9 Å². The van der Waals surface area contributed by atoms with Gasteiger partial charge in [0, 0.05) is 39.6 Å². The monoisotopic (exact) mass is 428 g/mol. The first-order valence-electron chi connectivity index (χ1n) is 8.49. The molecule has 2 N–H and O–H groups in total. The van der Waals surface area contributed by atoms with E-state index in [1.165, 1.54) is 39.3 Å². The number of hydrogen-bond acceptors (Lipinski definition) is 8. The second-order valence-corrected chi connectivity index (χ2v) is 8.80. The van der Waals surface area contributed by atoms with Crippen LogP contribution >= 0.6 is 0 Å². The lowest BCUT2D eigenvalue weighted by Crippen LogP contribution is -2.58. The van der Waals surface area contributed by atoms with Gasteiger partial charge in [-0.3, -0.25) is 10.0 Å². The molecule has 1 unspecified atom stereocenters. The molecule has 1 heterocycles.